The van der Waals surface area contributed by atoms with Crippen molar-refractivity contribution in [2.45, 2.75) is 38.0 Å². The van der Waals surface area contributed by atoms with Crippen LogP contribution in [0.2, 0.25) is 0 Å². The van der Waals surface area contributed by atoms with E-state index in [1.165, 1.54) is 4.90 Å². The summed E-state index contributed by atoms with van der Waals surface area (Å²) >= 11 is 0. The first kappa shape index (κ1) is 16.7. The van der Waals surface area contributed by atoms with Crippen molar-refractivity contribution in [2.75, 3.05) is 26.2 Å². The highest BCUT2D eigenvalue weighted by molar-refractivity contribution is 6.09. The van der Waals surface area contributed by atoms with Gasteiger partial charge in [0.15, 0.2) is 0 Å². The number of hydrogen-bond acceptors (Lipinski definition) is 5. The van der Waals surface area contributed by atoms with Crippen molar-refractivity contribution in [3.05, 3.63) is 0 Å². The van der Waals surface area contributed by atoms with Gasteiger partial charge in [0.2, 0.25) is 17.7 Å². The van der Waals surface area contributed by atoms with E-state index >= 15 is 0 Å². The van der Waals surface area contributed by atoms with Crippen LogP contribution in [0.25, 0.3) is 0 Å². The molecule has 0 aromatic carbocycles. The van der Waals surface area contributed by atoms with E-state index in [0.717, 1.165) is 25.9 Å². The molecule has 5 atom stereocenters. The fourth-order valence-corrected chi connectivity index (χ4v) is 4.38. The number of carbonyl (C=O) groups is 3. The number of carbonyl (C=O) groups excluding carboxylic acids is 3. The van der Waals surface area contributed by atoms with Gasteiger partial charge in [-0.2, -0.15) is 0 Å². The fraction of sp³-hybridized carbons (Fsp3) is 0.800. The Morgan fingerprint density at radius 2 is 1.65 bits per heavy atom. The quantitative estimate of drug-likeness (QED) is 0.677. The van der Waals surface area contributed by atoms with Gasteiger partial charge in [-0.3, -0.25) is 19.3 Å². The average Bonchev–Trinajstić information content (AvgIpc) is 3.21. The molecule has 7 nitrogen and oxygen atoms in total. The molecule has 2 bridgehead atoms. The molecular formula is C15H22ClN3O4. The van der Waals surface area contributed by atoms with E-state index in [2.05, 4.69) is 5.32 Å². The molecule has 128 valence electrons. The number of halogens is 1. The number of piperazine rings is 1. The van der Waals surface area contributed by atoms with Gasteiger partial charge in [0, 0.05) is 26.2 Å². The molecule has 8 heteroatoms. The Morgan fingerprint density at radius 3 is 2.17 bits per heavy atom. The first-order valence-corrected chi connectivity index (χ1v) is 8.11. The molecule has 0 saturated carbocycles. The molecular weight excluding hydrogens is 322 g/mol. The number of nitrogens with zero attached hydrogens (tertiary/aromatic N) is 2. The highest BCUT2D eigenvalue weighted by Crippen LogP contribution is 2.48. The summed E-state index contributed by atoms with van der Waals surface area (Å²) in [6, 6.07) is -0.705. The Bertz CT molecular complexity index is 509. The Labute approximate surface area is 141 Å². The number of amides is 3. The third-order valence-corrected chi connectivity index (χ3v) is 5.49. The van der Waals surface area contributed by atoms with E-state index in [-0.39, 0.29) is 54.2 Å². The van der Waals surface area contributed by atoms with E-state index < -0.39 is 6.04 Å². The summed E-state index contributed by atoms with van der Waals surface area (Å²) in [6.45, 7) is 4.43. The maximum Gasteiger partial charge on any atom is 0.245 e. The van der Waals surface area contributed by atoms with Crippen molar-refractivity contribution in [3.8, 4) is 0 Å². The number of imide groups is 1. The molecule has 23 heavy (non-hydrogen) atoms. The smallest absolute Gasteiger partial charge is 0.245 e. The third kappa shape index (κ3) is 2.37. The molecule has 4 rings (SSSR count). The summed E-state index contributed by atoms with van der Waals surface area (Å²) in [5, 5.41) is 3.19. The molecule has 4 saturated heterocycles. The standard InChI is InChI=1S/C15H21N3O4.ClH/c1-8(13(19)17-6-4-16-5-7-17)18-14(20)11-9-2-3-10(22-9)12(11)15(18)21;/h8-12,16H,2-7H2,1H3;1H. The Kier molecular flexibility index (Phi) is 4.37. The van der Waals surface area contributed by atoms with Gasteiger partial charge >= 0.3 is 0 Å². The van der Waals surface area contributed by atoms with E-state index in [4.69, 9.17) is 4.74 Å². The largest absolute Gasteiger partial charge is 0.373 e. The zero-order valence-corrected chi connectivity index (χ0v) is 13.9. The number of nitrogens with one attached hydrogen (secondary N) is 1. The van der Waals surface area contributed by atoms with Crippen LogP contribution in [-0.2, 0) is 19.1 Å². The van der Waals surface area contributed by atoms with Crippen LogP contribution in [0.3, 0.4) is 0 Å². The summed E-state index contributed by atoms with van der Waals surface area (Å²) in [4.78, 5) is 40.9. The van der Waals surface area contributed by atoms with Crippen LogP contribution in [0, 0.1) is 11.8 Å². The van der Waals surface area contributed by atoms with Crippen molar-refractivity contribution in [1.29, 1.82) is 0 Å². The zero-order valence-electron chi connectivity index (χ0n) is 13.1. The molecule has 0 aromatic heterocycles. The molecule has 0 spiro atoms. The number of ether oxygens (including phenoxy) is 1. The van der Waals surface area contributed by atoms with Crippen LogP contribution >= 0.6 is 12.4 Å². The second-order valence-electron chi connectivity index (χ2n) is 6.64. The van der Waals surface area contributed by atoms with Crippen molar-refractivity contribution in [1.82, 2.24) is 15.1 Å². The molecule has 5 unspecified atom stereocenters. The van der Waals surface area contributed by atoms with E-state index in [0.29, 0.717) is 13.1 Å². The molecule has 0 radical (unpaired) electrons. The van der Waals surface area contributed by atoms with Gasteiger partial charge in [-0.15, -0.1) is 12.4 Å². The van der Waals surface area contributed by atoms with Crippen molar-refractivity contribution < 1.29 is 19.1 Å². The third-order valence-electron chi connectivity index (χ3n) is 5.49. The first-order valence-electron chi connectivity index (χ1n) is 8.11. The minimum absolute atomic E-state index is 0. The number of fused-ring (bicyclic) bond motifs is 5. The van der Waals surface area contributed by atoms with Crippen LogP contribution < -0.4 is 5.32 Å². The van der Waals surface area contributed by atoms with E-state index in [9.17, 15) is 14.4 Å². The van der Waals surface area contributed by atoms with Crippen molar-refractivity contribution >= 4 is 30.1 Å². The predicted octanol–water partition coefficient (Wildman–Crippen LogP) is -0.609. The summed E-state index contributed by atoms with van der Waals surface area (Å²) in [5.74, 6) is -1.26. The molecule has 0 aromatic rings. The second kappa shape index (κ2) is 6.03. The summed E-state index contributed by atoms with van der Waals surface area (Å²) < 4.78 is 5.71. The first-order chi connectivity index (χ1) is 10.6. The van der Waals surface area contributed by atoms with E-state index in [1.807, 2.05) is 0 Å². The highest BCUT2D eigenvalue weighted by atomic mass is 35.5. The Balaban J connectivity index is 0.00000156. The molecule has 3 amide bonds. The van der Waals surface area contributed by atoms with Gasteiger partial charge in [-0.05, 0) is 19.8 Å². The summed E-state index contributed by atoms with van der Waals surface area (Å²) in [7, 11) is 0. The molecule has 4 aliphatic heterocycles. The molecule has 0 aliphatic carbocycles. The van der Waals surface area contributed by atoms with Crippen LogP contribution in [0.4, 0.5) is 0 Å². The lowest BCUT2D eigenvalue weighted by Gasteiger charge is -2.32. The van der Waals surface area contributed by atoms with Gasteiger partial charge in [0.1, 0.15) is 6.04 Å². The number of rotatable bonds is 2. The maximum atomic E-state index is 12.7. The van der Waals surface area contributed by atoms with Crippen molar-refractivity contribution in [3.63, 3.8) is 0 Å². The van der Waals surface area contributed by atoms with Gasteiger partial charge in [-0.25, -0.2) is 0 Å². The molecule has 4 heterocycles. The zero-order chi connectivity index (χ0) is 15.4. The van der Waals surface area contributed by atoms with Gasteiger partial charge in [0.05, 0.1) is 24.0 Å². The lowest BCUT2D eigenvalue weighted by atomic mass is 9.81. The average molecular weight is 344 g/mol. The van der Waals surface area contributed by atoms with E-state index in [1.54, 1.807) is 11.8 Å². The number of hydrogen-bond donors (Lipinski definition) is 1. The van der Waals surface area contributed by atoms with Gasteiger partial charge in [0.25, 0.3) is 0 Å². The van der Waals surface area contributed by atoms with Crippen molar-refractivity contribution in [2.24, 2.45) is 11.8 Å². The Hall–Kier alpha value is -1.18. The molecule has 4 aliphatic rings. The van der Waals surface area contributed by atoms with Crippen LogP contribution in [0.5, 0.6) is 0 Å². The lowest BCUT2D eigenvalue weighted by Crippen LogP contribution is -2.54. The Morgan fingerprint density at radius 1 is 1.13 bits per heavy atom. The van der Waals surface area contributed by atoms with Crippen LogP contribution in [0.15, 0.2) is 0 Å². The van der Waals surface area contributed by atoms with Gasteiger partial charge in [-0.1, -0.05) is 0 Å². The minimum atomic E-state index is -0.705. The monoisotopic (exact) mass is 343 g/mol. The number of likely N-dealkylation sites (tertiary alicyclic amines) is 1. The molecule has 4 fully saturated rings. The van der Waals surface area contributed by atoms with Crippen LogP contribution in [0.1, 0.15) is 19.8 Å². The maximum absolute atomic E-state index is 12.7. The summed E-state index contributed by atoms with van der Waals surface area (Å²) in [6.07, 6.45) is 1.44. The SMILES string of the molecule is CC(C(=O)N1CCNCC1)N1C(=O)C2C3CCC(O3)C2C1=O.Cl. The highest BCUT2D eigenvalue weighted by Gasteiger charge is 2.63. The second-order valence-corrected chi connectivity index (χ2v) is 6.64. The van der Waals surface area contributed by atoms with Crippen LogP contribution in [-0.4, -0.2) is 72.0 Å². The molecule has 1 N–H and O–H groups in total. The summed E-state index contributed by atoms with van der Waals surface area (Å²) in [5.41, 5.74) is 0. The van der Waals surface area contributed by atoms with Gasteiger partial charge < -0.3 is 15.0 Å². The topological polar surface area (TPSA) is 79.0 Å². The normalized spacial score (nSPS) is 36.9. The lowest BCUT2D eigenvalue weighted by molar-refractivity contribution is -0.153. The predicted molar refractivity (Wildman–Crippen MR) is 82.9 cm³/mol. The minimum Gasteiger partial charge on any atom is -0.373 e. The fourth-order valence-electron chi connectivity index (χ4n) is 4.38.